The van der Waals surface area contributed by atoms with Crippen molar-refractivity contribution in [1.82, 2.24) is 4.98 Å². The van der Waals surface area contributed by atoms with Crippen LogP contribution in [0, 0.1) is 0 Å². The number of nitrogens with zero attached hydrogens (tertiary/aromatic N) is 2. The van der Waals surface area contributed by atoms with Gasteiger partial charge in [0.05, 0.1) is 11.0 Å². The minimum absolute atomic E-state index is 0.218. The smallest absolute Gasteiger partial charge is 0.139 e. The van der Waals surface area contributed by atoms with Crippen LogP contribution in [-0.2, 0) is 19.4 Å². The number of rotatable bonds is 3. The Labute approximate surface area is 148 Å². The lowest BCUT2D eigenvalue weighted by Crippen LogP contribution is -2.00. The van der Waals surface area contributed by atoms with E-state index in [2.05, 4.69) is 25.9 Å². The predicted octanol–water partition coefficient (Wildman–Crippen LogP) is 4.79. The molecule has 1 aliphatic carbocycles. The summed E-state index contributed by atoms with van der Waals surface area (Å²) in [6.07, 6.45) is 9.55. The number of phenolic OH excluding ortho intramolecular Hbond substituents is 1. The number of benzene rings is 1. The van der Waals surface area contributed by atoms with Crippen LogP contribution >= 0.6 is 15.9 Å². The lowest BCUT2D eigenvalue weighted by atomic mass is 9.94. The number of pyridine rings is 1. The summed E-state index contributed by atoms with van der Waals surface area (Å²) in [4.78, 5) is 8.53. The monoisotopic (exact) mass is 384 g/mol. The Hall–Kier alpha value is -2.14. The number of aliphatic imine (C=N–C) groups is 1. The van der Waals surface area contributed by atoms with E-state index in [0.29, 0.717) is 11.0 Å². The first-order valence-corrected chi connectivity index (χ1v) is 8.88. The van der Waals surface area contributed by atoms with Gasteiger partial charge in [-0.2, -0.15) is 0 Å². The van der Waals surface area contributed by atoms with Crippen LogP contribution < -0.4 is 0 Å². The minimum atomic E-state index is 0.218. The fourth-order valence-electron chi connectivity index (χ4n) is 3.27. The standard InChI is InChI=1S/C19H17BrN2O2/c20-15-9-17-18(13-3-1-2-4-16(13)24-17)14(19(15)23)11-22-10-12-5-7-21-8-6-12/h5-9,11,23H,1-4,10H2. The maximum atomic E-state index is 10.5. The molecule has 4 rings (SSSR count). The Kier molecular flexibility index (Phi) is 4.10. The quantitative estimate of drug-likeness (QED) is 0.660. The summed E-state index contributed by atoms with van der Waals surface area (Å²) in [5, 5.41) is 11.5. The van der Waals surface area contributed by atoms with Crippen LogP contribution in [0.2, 0.25) is 0 Å². The van der Waals surface area contributed by atoms with Crippen molar-refractivity contribution in [2.24, 2.45) is 4.99 Å². The Morgan fingerprint density at radius 1 is 1.25 bits per heavy atom. The van der Waals surface area contributed by atoms with Crippen molar-refractivity contribution in [2.45, 2.75) is 32.2 Å². The second-order valence-corrected chi connectivity index (χ2v) is 6.88. The van der Waals surface area contributed by atoms with Crippen LogP contribution in [0.5, 0.6) is 5.75 Å². The Bertz CT molecular complexity index is 916. The van der Waals surface area contributed by atoms with E-state index in [1.54, 1.807) is 18.6 Å². The highest BCUT2D eigenvalue weighted by Gasteiger charge is 2.22. The number of aryl methyl sites for hydroxylation is 2. The van der Waals surface area contributed by atoms with Gasteiger partial charge in [-0.15, -0.1) is 0 Å². The zero-order valence-corrected chi connectivity index (χ0v) is 14.7. The van der Waals surface area contributed by atoms with E-state index in [1.165, 1.54) is 5.56 Å². The fraction of sp³-hybridized carbons (Fsp3) is 0.263. The zero-order valence-electron chi connectivity index (χ0n) is 13.1. The normalized spacial score (nSPS) is 14.4. The molecule has 0 bridgehead atoms. The van der Waals surface area contributed by atoms with Crippen LogP contribution in [0.15, 0.2) is 44.5 Å². The van der Waals surface area contributed by atoms with Crippen molar-refractivity contribution in [3.63, 3.8) is 0 Å². The molecular weight excluding hydrogens is 368 g/mol. The number of aromatic nitrogens is 1. The number of fused-ring (bicyclic) bond motifs is 3. The highest BCUT2D eigenvalue weighted by atomic mass is 79.9. The maximum Gasteiger partial charge on any atom is 0.139 e. The van der Waals surface area contributed by atoms with Gasteiger partial charge in [-0.25, -0.2) is 0 Å². The molecule has 0 fully saturated rings. The highest BCUT2D eigenvalue weighted by molar-refractivity contribution is 9.10. The van der Waals surface area contributed by atoms with E-state index < -0.39 is 0 Å². The maximum absolute atomic E-state index is 10.5. The number of halogens is 1. The molecule has 2 heterocycles. The van der Waals surface area contributed by atoms with E-state index in [4.69, 9.17) is 4.42 Å². The molecule has 0 unspecified atom stereocenters. The Balaban J connectivity index is 1.78. The van der Waals surface area contributed by atoms with Gasteiger partial charge >= 0.3 is 0 Å². The van der Waals surface area contributed by atoms with Crippen molar-refractivity contribution < 1.29 is 9.52 Å². The second kappa shape index (κ2) is 6.40. The van der Waals surface area contributed by atoms with E-state index in [-0.39, 0.29) is 5.75 Å². The highest BCUT2D eigenvalue weighted by Crippen LogP contribution is 2.40. The van der Waals surface area contributed by atoms with Crippen molar-refractivity contribution >= 4 is 33.1 Å². The average Bonchev–Trinajstić information content (AvgIpc) is 2.97. The van der Waals surface area contributed by atoms with Crippen LogP contribution in [0.3, 0.4) is 0 Å². The third kappa shape index (κ3) is 2.73. The molecule has 0 saturated carbocycles. The molecule has 1 N–H and O–H groups in total. The van der Waals surface area contributed by atoms with E-state index in [9.17, 15) is 5.11 Å². The van der Waals surface area contributed by atoms with Crippen LogP contribution in [-0.4, -0.2) is 16.3 Å². The third-order valence-corrected chi connectivity index (χ3v) is 5.06. The molecule has 24 heavy (non-hydrogen) atoms. The van der Waals surface area contributed by atoms with Gasteiger partial charge in [0, 0.05) is 41.5 Å². The second-order valence-electron chi connectivity index (χ2n) is 6.03. The van der Waals surface area contributed by atoms with Gasteiger partial charge < -0.3 is 9.52 Å². The zero-order chi connectivity index (χ0) is 16.5. The van der Waals surface area contributed by atoms with Gasteiger partial charge in [0.1, 0.15) is 17.1 Å². The topological polar surface area (TPSA) is 58.6 Å². The summed E-state index contributed by atoms with van der Waals surface area (Å²) in [6, 6.07) is 5.73. The summed E-state index contributed by atoms with van der Waals surface area (Å²) < 4.78 is 6.65. The minimum Gasteiger partial charge on any atom is -0.506 e. The summed E-state index contributed by atoms with van der Waals surface area (Å²) in [5.41, 5.74) is 3.86. The SMILES string of the molecule is Oc1c(Br)cc2oc3c(c2c1C=NCc1ccncc1)CCCC3. The first-order chi connectivity index (χ1) is 11.7. The molecule has 122 valence electrons. The Morgan fingerprint density at radius 2 is 2.04 bits per heavy atom. The molecule has 0 spiro atoms. The number of hydrogen-bond acceptors (Lipinski definition) is 4. The first-order valence-electron chi connectivity index (χ1n) is 8.08. The van der Waals surface area contributed by atoms with Gasteiger partial charge in [0.25, 0.3) is 0 Å². The molecule has 1 aliphatic rings. The summed E-state index contributed by atoms with van der Waals surface area (Å²) in [6.45, 7) is 0.552. The van der Waals surface area contributed by atoms with E-state index in [1.807, 2.05) is 18.2 Å². The third-order valence-electron chi connectivity index (χ3n) is 4.45. The van der Waals surface area contributed by atoms with Gasteiger partial charge in [0.2, 0.25) is 0 Å². The van der Waals surface area contributed by atoms with Gasteiger partial charge in [-0.05, 0) is 59.0 Å². The molecule has 0 aliphatic heterocycles. The summed E-state index contributed by atoms with van der Waals surface area (Å²) in [7, 11) is 0. The molecule has 4 nitrogen and oxygen atoms in total. The first kappa shape index (κ1) is 15.4. The van der Waals surface area contributed by atoms with Gasteiger partial charge in [-0.3, -0.25) is 9.98 Å². The largest absolute Gasteiger partial charge is 0.506 e. The summed E-state index contributed by atoms with van der Waals surface area (Å²) >= 11 is 3.42. The number of aromatic hydroxyl groups is 1. The lowest BCUT2D eigenvalue weighted by Gasteiger charge is -2.10. The van der Waals surface area contributed by atoms with Crippen molar-refractivity contribution in [1.29, 1.82) is 0 Å². The van der Waals surface area contributed by atoms with Crippen LogP contribution in [0.25, 0.3) is 11.0 Å². The van der Waals surface area contributed by atoms with Crippen LogP contribution in [0.4, 0.5) is 0 Å². The molecule has 0 radical (unpaired) electrons. The molecule has 0 atom stereocenters. The average molecular weight is 385 g/mol. The molecule has 1 aromatic carbocycles. The number of furan rings is 1. The van der Waals surface area contributed by atoms with Crippen molar-refractivity contribution in [2.75, 3.05) is 0 Å². The molecule has 2 aromatic heterocycles. The molecule has 5 heteroatoms. The van der Waals surface area contributed by atoms with E-state index in [0.717, 1.165) is 53.5 Å². The Morgan fingerprint density at radius 3 is 2.88 bits per heavy atom. The number of phenols is 1. The molecular formula is C19H17BrN2O2. The summed E-state index contributed by atoms with van der Waals surface area (Å²) in [5.74, 6) is 1.27. The van der Waals surface area contributed by atoms with Gasteiger partial charge in [-0.1, -0.05) is 0 Å². The lowest BCUT2D eigenvalue weighted by molar-refractivity contribution is 0.471. The fourth-order valence-corrected chi connectivity index (χ4v) is 3.69. The van der Waals surface area contributed by atoms with Crippen LogP contribution in [0.1, 0.15) is 35.3 Å². The molecule has 0 amide bonds. The predicted molar refractivity (Wildman–Crippen MR) is 97.8 cm³/mol. The number of hydrogen-bond donors (Lipinski definition) is 1. The van der Waals surface area contributed by atoms with Crippen molar-refractivity contribution in [3.05, 3.63) is 57.5 Å². The van der Waals surface area contributed by atoms with E-state index >= 15 is 0 Å². The van der Waals surface area contributed by atoms with Gasteiger partial charge in [0.15, 0.2) is 0 Å². The molecule has 3 aromatic rings. The molecule has 0 saturated heterocycles. The van der Waals surface area contributed by atoms with Crippen molar-refractivity contribution in [3.8, 4) is 5.75 Å².